The number of ether oxygens (including phenoxy) is 2. The standard InChI is InChI=1S/C27H25NO5/c1-16-8-11-20(12-9-16)28-24(18-6-5-7-21(15-18)32-3)23(26(30)27(28)31)25(29)19-10-13-22(33-4)17(2)14-19/h5-15,24,29H,1-4H3/b25-23-. The fraction of sp³-hybridized carbons (Fsp3) is 0.185. The van der Waals surface area contributed by atoms with Crippen LogP contribution in [0.3, 0.4) is 0 Å². The first-order valence-corrected chi connectivity index (χ1v) is 10.5. The Morgan fingerprint density at radius 1 is 0.909 bits per heavy atom. The number of carbonyl (C=O) groups excluding carboxylic acids is 2. The van der Waals surface area contributed by atoms with Crippen molar-refractivity contribution in [2.24, 2.45) is 0 Å². The van der Waals surface area contributed by atoms with Crippen molar-refractivity contribution in [3.05, 3.63) is 94.6 Å². The molecule has 0 bridgehead atoms. The van der Waals surface area contributed by atoms with E-state index >= 15 is 0 Å². The van der Waals surface area contributed by atoms with E-state index < -0.39 is 17.7 Å². The molecule has 0 saturated carbocycles. The lowest BCUT2D eigenvalue weighted by atomic mass is 9.94. The zero-order chi connectivity index (χ0) is 23.7. The molecular formula is C27H25NO5. The molecule has 1 aliphatic rings. The maximum Gasteiger partial charge on any atom is 0.300 e. The Bertz CT molecular complexity index is 1260. The highest BCUT2D eigenvalue weighted by atomic mass is 16.5. The van der Waals surface area contributed by atoms with Gasteiger partial charge in [0.25, 0.3) is 11.7 Å². The van der Waals surface area contributed by atoms with Crippen LogP contribution in [0.5, 0.6) is 11.5 Å². The van der Waals surface area contributed by atoms with Crippen LogP contribution in [0, 0.1) is 13.8 Å². The molecule has 1 heterocycles. The number of rotatable bonds is 5. The highest BCUT2D eigenvalue weighted by Crippen LogP contribution is 2.43. The van der Waals surface area contributed by atoms with Crippen molar-refractivity contribution in [1.29, 1.82) is 0 Å². The van der Waals surface area contributed by atoms with Crippen molar-refractivity contribution in [1.82, 2.24) is 0 Å². The van der Waals surface area contributed by atoms with Gasteiger partial charge in [-0.2, -0.15) is 0 Å². The third-order valence-electron chi connectivity index (χ3n) is 5.83. The monoisotopic (exact) mass is 443 g/mol. The minimum absolute atomic E-state index is 0.0263. The number of hydrogen-bond acceptors (Lipinski definition) is 5. The summed E-state index contributed by atoms with van der Waals surface area (Å²) in [6.45, 7) is 3.80. The summed E-state index contributed by atoms with van der Waals surface area (Å²) in [6, 6.07) is 18.8. The summed E-state index contributed by atoms with van der Waals surface area (Å²) < 4.78 is 10.7. The van der Waals surface area contributed by atoms with Gasteiger partial charge in [-0.25, -0.2) is 0 Å². The lowest BCUT2D eigenvalue weighted by Gasteiger charge is -2.26. The van der Waals surface area contributed by atoms with Crippen molar-refractivity contribution in [2.45, 2.75) is 19.9 Å². The third-order valence-corrected chi connectivity index (χ3v) is 5.83. The zero-order valence-corrected chi connectivity index (χ0v) is 19.0. The molecule has 1 atom stereocenters. The van der Waals surface area contributed by atoms with E-state index in [1.54, 1.807) is 62.8 Å². The van der Waals surface area contributed by atoms with Gasteiger partial charge in [-0.1, -0.05) is 29.8 Å². The molecule has 3 aromatic carbocycles. The van der Waals surface area contributed by atoms with E-state index in [4.69, 9.17) is 9.47 Å². The second-order valence-electron chi connectivity index (χ2n) is 7.97. The number of aryl methyl sites for hydroxylation is 2. The molecule has 4 rings (SSSR count). The highest BCUT2D eigenvalue weighted by molar-refractivity contribution is 6.51. The van der Waals surface area contributed by atoms with Gasteiger partial charge in [0, 0.05) is 11.3 Å². The molecule has 0 aliphatic carbocycles. The maximum absolute atomic E-state index is 13.3. The molecule has 0 radical (unpaired) electrons. The molecule has 6 nitrogen and oxygen atoms in total. The number of Topliss-reactive ketones (excluding diaryl/α,β-unsaturated/α-hetero) is 1. The molecule has 6 heteroatoms. The molecule has 1 fully saturated rings. The maximum atomic E-state index is 13.3. The molecule has 1 aliphatic heterocycles. The number of aliphatic hydroxyl groups is 1. The van der Waals surface area contributed by atoms with Crippen molar-refractivity contribution < 1.29 is 24.2 Å². The van der Waals surface area contributed by atoms with Crippen molar-refractivity contribution in [3.8, 4) is 11.5 Å². The predicted molar refractivity (Wildman–Crippen MR) is 127 cm³/mol. The van der Waals surface area contributed by atoms with Gasteiger partial charge in [0.2, 0.25) is 0 Å². The molecule has 0 spiro atoms. The van der Waals surface area contributed by atoms with Crippen molar-refractivity contribution in [2.75, 3.05) is 19.1 Å². The van der Waals surface area contributed by atoms with E-state index in [1.807, 2.05) is 32.0 Å². The van der Waals surface area contributed by atoms with Crippen LogP contribution in [0.25, 0.3) is 5.76 Å². The summed E-state index contributed by atoms with van der Waals surface area (Å²) in [5.74, 6) is -0.423. The summed E-state index contributed by atoms with van der Waals surface area (Å²) in [7, 11) is 3.12. The van der Waals surface area contributed by atoms with E-state index in [0.717, 1.165) is 11.1 Å². The van der Waals surface area contributed by atoms with E-state index in [9.17, 15) is 14.7 Å². The number of anilines is 1. The Balaban J connectivity index is 1.94. The van der Waals surface area contributed by atoms with Gasteiger partial charge in [-0.3, -0.25) is 14.5 Å². The van der Waals surface area contributed by atoms with Gasteiger partial charge >= 0.3 is 0 Å². The average Bonchev–Trinajstić information content (AvgIpc) is 3.09. The van der Waals surface area contributed by atoms with E-state index in [0.29, 0.717) is 28.3 Å². The first-order chi connectivity index (χ1) is 15.8. The second kappa shape index (κ2) is 8.82. The van der Waals surface area contributed by atoms with Crippen LogP contribution in [0.15, 0.2) is 72.3 Å². The smallest absolute Gasteiger partial charge is 0.300 e. The molecule has 3 aromatic rings. The van der Waals surface area contributed by atoms with Crippen LogP contribution in [0.2, 0.25) is 0 Å². The second-order valence-corrected chi connectivity index (χ2v) is 7.97. The highest BCUT2D eigenvalue weighted by Gasteiger charge is 2.47. The summed E-state index contributed by atoms with van der Waals surface area (Å²) in [5.41, 5.74) is 3.51. The van der Waals surface area contributed by atoms with Crippen molar-refractivity contribution in [3.63, 3.8) is 0 Å². The van der Waals surface area contributed by atoms with Gasteiger partial charge in [-0.05, 0) is 67.4 Å². The summed E-state index contributed by atoms with van der Waals surface area (Å²) in [5, 5.41) is 11.3. The average molecular weight is 443 g/mol. The van der Waals surface area contributed by atoms with Crippen LogP contribution in [0.4, 0.5) is 5.69 Å². The Morgan fingerprint density at radius 2 is 1.64 bits per heavy atom. The number of methoxy groups -OCH3 is 2. The van der Waals surface area contributed by atoms with Crippen LogP contribution >= 0.6 is 0 Å². The van der Waals surface area contributed by atoms with Crippen LogP contribution in [0.1, 0.15) is 28.3 Å². The number of ketones is 1. The molecule has 0 aromatic heterocycles. The molecule has 33 heavy (non-hydrogen) atoms. The third kappa shape index (κ3) is 3.96. The lowest BCUT2D eigenvalue weighted by Crippen LogP contribution is -2.29. The van der Waals surface area contributed by atoms with Gasteiger partial charge < -0.3 is 14.6 Å². The Hall–Kier alpha value is -4.06. The van der Waals surface area contributed by atoms with E-state index in [2.05, 4.69) is 0 Å². The fourth-order valence-electron chi connectivity index (χ4n) is 4.11. The molecule has 1 unspecified atom stereocenters. The van der Waals surface area contributed by atoms with Crippen LogP contribution in [-0.2, 0) is 9.59 Å². The zero-order valence-electron chi connectivity index (χ0n) is 19.0. The Labute approximate surface area is 192 Å². The van der Waals surface area contributed by atoms with Crippen molar-refractivity contribution >= 4 is 23.1 Å². The molecule has 168 valence electrons. The molecular weight excluding hydrogens is 418 g/mol. The molecule has 1 amide bonds. The number of benzene rings is 3. The summed E-state index contributed by atoms with van der Waals surface area (Å²) in [4.78, 5) is 27.9. The van der Waals surface area contributed by atoms with Gasteiger partial charge in [-0.15, -0.1) is 0 Å². The summed E-state index contributed by atoms with van der Waals surface area (Å²) in [6.07, 6.45) is 0. The van der Waals surface area contributed by atoms with E-state index in [-0.39, 0.29) is 11.3 Å². The van der Waals surface area contributed by atoms with Gasteiger partial charge in [0.15, 0.2) is 0 Å². The molecule has 1 saturated heterocycles. The Kier molecular flexibility index (Phi) is 5.92. The Morgan fingerprint density at radius 3 is 2.27 bits per heavy atom. The topological polar surface area (TPSA) is 76.1 Å². The van der Waals surface area contributed by atoms with E-state index in [1.165, 1.54) is 4.90 Å². The van der Waals surface area contributed by atoms with Crippen LogP contribution < -0.4 is 14.4 Å². The fourth-order valence-corrected chi connectivity index (χ4v) is 4.11. The first kappa shape index (κ1) is 22.1. The minimum Gasteiger partial charge on any atom is -0.507 e. The largest absolute Gasteiger partial charge is 0.507 e. The van der Waals surface area contributed by atoms with Gasteiger partial charge in [0.1, 0.15) is 17.3 Å². The predicted octanol–water partition coefficient (Wildman–Crippen LogP) is 4.95. The number of hydrogen-bond donors (Lipinski definition) is 1. The van der Waals surface area contributed by atoms with Crippen LogP contribution in [-0.4, -0.2) is 31.0 Å². The molecule has 1 N–H and O–H groups in total. The SMILES string of the molecule is COc1cccc(C2/C(=C(/O)c3ccc(OC)c(C)c3)C(=O)C(=O)N2c2ccc(C)cc2)c1. The minimum atomic E-state index is -0.815. The number of carbonyl (C=O) groups is 2. The number of amides is 1. The van der Waals surface area contributed by atoms with Gasteiger partial charge in [0.05, 0.1) is 25.8 Å². The quantitative estimate of drug-likeness (QED) is 0.343. The number of aliphatic hydroxyl groups excluding tert-OH is 1. The normalized spacial score (nSPS) is 17.3. The summed E-state index contributed by atoms with van der Waals surface area (Å²) >= 11 is 0. The first-order valence-electron chi connectivity index (χ1n) is 10.5. The lowest BCUT2D eigenvalue weighted by molar-refractivity contribution is -0.132. The number of nitrogens with zero attached hydrogens (tertiary/aromatic N) is 1.